The van der Waals surface area contributed by atoms with Gasteiger partial charge in [-0.15, -0.1) is 0 Å². The number of nitrogens with zero attached hydrogens (tertiary/aromatic N) is 3. The van der Waals surface area contributed by atoms with Gasteiger partial charge < -0.3 is 19.4 Å². The van der Waals surface area contributed by atoms with E-state index in [0.717, 1.165) is 44.1 Å². The molecule has 3 rings (SSSR count). The van der Waals surface area contributed by atoms with Crippen LogP contribution in [0, 0.1) is 0 Å². The minimum atomic E-state index is -0.257. The summed E-state index contributed by atoms with van der Waals surface area (Å²) in [5.74, 6) is 0.762. The molecule has 1 saturated heterocycles. The summed E-state index contributed by atoms with van der Waals surface area (Å²) in [4.78, 5) is 21.2. The zero-order chi connectivity index (χ0) is 16.4. The lowest BCUT2D eigenvalue weighted by Gasteiger charge is -2.29. The van der Waals surface area contributed by atoms with E-state index in [1.807, 2.05) is 0 Å². The molecule has 2 aliphatic rings. The molecule has 0 radical (unpaired) electrons. The largest absolute Gasteiger partial charge is 0.437 e. The number of aromatic nitrogens is 1. The number of ether oxygens (including phenoxy) is 1. The Balaban J connectivity index is 1.56. The van der Waals surface area contributed by atoms with Crippen LogP contribution in [0.5, 0.6) is 0 Å². The van der Waals surface area contributed by atoms with E-state index >= 15 is 0 Å². The minimum Gasteiger partial charge on any atom is -0.437 e. The Kier molecular flexibility index (Phi) is 4.99. The third-order valence-corrected chi connectivity index (χ3v) is 4.51. The van der Waals surface area contributed by atoms with Gasteiger partial charge in [0.15, 0.2) is 0 Å². The fourth-order valence-electron chi connectivity index (χ4n) is 3.03. The lowest BCUT2D eigenvalue weighted by molar-refractivity contribution is -0.0176. The first-order valence-electron chi connectivity index (χ1n) is 8.34. The van der Waals surface area contributed by atoms with Gasteiger partial charge in [0.25, 0.3) is 5.89 Å². The number of amides is 1. The normalized spacial score (nSPS) is 23.0. The van der Waals surface area contributed by atoms with Crippen molar-refractivity contribution in [3.05, 3.63) is 17.3 Å². The molecule has 7 heteroatoms. The van der Waals surface area contributed by atoms with Crippen molar-refractivity contribution in [2.75, 3.05) is 39.8 Å². The standard InChI is InChI=1S/C16H26N4O3/c1-11(2)20-5-4-14-13(10-20)18-16(23-14)15(21)17-8-12-9-19(3)6-7-22-12/h11-12H,4-10H2,1-3H3,(H,17,21)/t12-/m1/s1. The van der Waals surface area contributed by atoms with Crippen molar-refractivity contribution < 1.29 is 13.9 Å². The molecule has 7 nitrogen and oxygen atoms in total. The highest BCUT2D eigenvalue weighted by molar-refractivity contribution is 5.89. The lowest BCUT2D eigenvalue weighted by Crippen LogP contribution is -2.46. The third kappa shape index (κ3) is 3.91. The average Bonchev–Trinajstić information content (AvgIpc) is 2.95. The van der Waals surface area contributed by atoms with E-state index in [4.69, 9.17) is 9.15 Å². The highest BCUT2D eigenvalue weighted by Gasteiger charge is 2.26. The molecule has 2 aliphatic heterocycles. The van der Waals surface area contributed by atoms with Gasteiger partial charge in [-0.05, 0) is 20.9 Å². The van der Waals surface area contributed by atoms with Crippen molar-refractivity contribution in [1.82, 2.24) is 20.1 Å². The first-order chi connectivity index (χ1) is 11.0. The van der Waals surface area contributed by atoms with Crippen LogP contribution in [0.4, 0.5) is 0 Å². The van der Waals surface area contributed by atoms with Gasteiger partial charge >= 0.3 is 5.91 Å². The van der Waals surface area contributed by atoms with Crippen LogP contribution in [0.15, 0.2) is 4.42 Å². The zero-order valence-electron chi connectivity index (χ0n) is 14.2. The molecule has 0 aliphatic carbocycles. The number of carbonyl (C=O) groups excluding carboxylic acids is 1. The zero-order valence-corrected chi connectivity index (χ0v) is 14.2. The molecule has 0 bridgehead atoms. The predicted molar refractivity (Wildman–Crippen MR) is 85.3 cm³/mol. The molecule has 1 amide bonds. The van der Waals surface area contributed by atoms with Crippen LogP contribution >= 0.6 is 0 Å². The number of carbonyl (C=O) groups is 1. The van der Waals surface area contributed by atoms with Crippen LogP contribution in [-0.4, -0.2) is 72.7 Å². The second-order valence-corrected chi connectivity index (χ2v) is 6.67. The van der Waals surface area contributed by atoms with Crippen LogP contribution in [0.1, 0.15) is 36.0 Å². The SMILES string of the molecule is CC(C)N1CCc2oc(C(=O)NC[C@@H]3CN(C)CCO3)nc2C1. The first kappa shape index (κ1) is 16.4. The second kappa shape index (κ2) is 6.98. The molecule has 3 heterocycles. The van der Waals surface area contributed by atoms with Crippen LogP contribution in [0.3, 0.4) is 0 Å². The highest BCUT2D eigenvalue weighted by Crippen LogP contribution is 2.21. The van der Waals surface area contributed by atoms with E-state index in [1.165, 1.54) is 0 Å². The number of nitrogens with one attached hydrogen (secondary N) is 1. The molecule has 0 spiro atoms. The summed E-state index contributed by atoms with van der Waals surface area (Å²) in [6.07, 6.45) is 0.836. The molecule has 23 heavy (non-hydrogen) atoms. The molecule has 0 unspecified atom stereocenters. The van der Waals surface area contributed by atoms with Gasteiger partial charge in [-0.3, -0.25) is 9.69 Å². The van der Waals surface area contributed by atoms with Crippen molar-refractivity contribution in [1.29, 1.82) is 0 Å². The number of rotatable bonds is 4. The summed E-state index contributed by atoms with van der Waals surface area (Å²) in [5.41, 5.74) is 0.892. The van der Waals surface area contributed by atoms with Gasteiger partial charge in [-0.1, -0.05) is 0 Å². The van der Waals surface area contributed by atoms with E-state index in [0.29, 0.717) is 19.2 Å². The smallest absolute Gasteiger partial charge is 0.307 e. The van der Waals surface area contributed by atoms with Crippen LogP contribution in [0.25, 0.3) is 0 Å². The van der Waals surface area contributed by atoms with E-state index in [1.54, 1.807) is 0 Å². The van der Waals surface area contributed by atoms with Crippen LogP contribution < -0.4 is 5.32 Å². The van der Waals surface area contributed by atoms with Gasteiger partial charge in [0, 0.05) is 45.2 Å². The maximum atomic E-state index is 12.3. The summed E-state index contributed by atoms with van der Waals surface area (Å²) in [6, 6.07) is 0.470. The fourth-order valence-corrected chi connectivity index (χ4v) is 3.03. The second-order valence-electron chi connectivity index (χ2n) is 6.67. The van der Waals surface area contributed by atoms with E-state index in [2.05, 4.69) is 41.0 Å². The van der Waals surface area contributed by atoms with Gasteiger partial charge in [-0.2, -0.15) is 0 Å². The molecule has 1 aromatic rings. The van der Waals surface area contributed by atoms with Crippen molar-refractivity contribution in [2.45, 2.75) is 39.0 Å². The molecule has 128 valence electrons. The molecular formula is C16H26N4O3. The summed E-state index contributed by atoms with van der Waals surface area (Å²) in [5, 5.41) is 2.87. The van der Waals surface area contributed by atoms with E-state index in [-0.39, 0.29) is 17.9 Å². The first-order valence-corrected chi connectivity index (χ1v) is 8.34. The lowest BCUT2D eigenvalue weighted by atomic mass is 10.1. The fraction of sp³-hybridized carbons (Fsp3) is 0.750. The van der Waals surface area contributed by atoms with Gasteiger partial charge in [-0.25, -0.2) is 4.98 Å². The predicted octanol–water partition coefficient (Wildman–Crippen LogP) is 0.502. The third-order valence-electron chi connectivity index (χ3n) is 4.51. The topological polar surface area (TPSA) is 70.8 Å². The van der Waals surface area contributed by atoms with Gasteiger partial charge in [0.05, 0.1) is 18.4 Å². The molecule has 0 aromatic carbocycles. The van der Waals surface area contributed by atoms with Crippen LogP contribution in [-0.2, 0) is 17.7 Å². The maximum absolute atomic E-state index is 12.3. The monoisotopic (exact) mass is 322 g/mol. The number of likely N-dealkylation sites (N-methyl/N-ethyl adjacent to an activating group) is 1. The maximum Gasteiger partial charge on any atom is 0.307 e. The Morgan fingerprint density at radius 3 is 3.00 bits per heavy atom. The van der Waals surface area contributed by atoms with E-state index in [9.17, 15) is 4.79 Å². The molecule has 1 atom stereocenters. The molecule has 1 fully saturated rings. The summed E-state index contributed by atoms with van der Waals surface area (Å²) in [7, 11) is 2.06. The van der Waals surface area contributed by atoms with Crippen molar-refractivity contribution in [2.24, 2.45) is 0 Å². The van der Waals surface area contributed by atoms with Crippen LogP contribution in [0.2, 0.25) is 0 Å². The number of hydrogen-bond donors (Lipinski definition) is 1. The molecule has 0 saturated carbocycles. The number of hydrogen-bond acceptors (Lipinski definition) is 6. The number of morpholine rings is 1. The Morgan fingerprint density at radius 1 is 1.43 bits per heavy atom. The van der Waals surface area contributed by atoms with Crippen molar-refractivity contribution in [3.63, 3.8) is 0 Å². The Morgan fingerprint density at radius 2 is 2.26 bits per heavy atom. The average molecular weight is 322 g/mol. The minimum absolute atomic E-state index is 0.0266. The molecular weight excluding hydrogens is 296 g/mol. The summed E-state index contributed by atoms with van der Waals surface area (Å²) >= 11 is 0. The Labute approximate surface area is 137 Å². The van der Waals surface area contributed by atoms with Gasteiger partial charge in [0.2, 0.25) is 0 Å². The highest BCUT2D eigenvalue weighted by atomic mass is 16.5. The molecule has 1 aromatic heterocycles. The van der Waals surface area contributed by atoms with Crippen molar-refractivity contribution >= 4 is 5.91 Å². The summed E-state index contributed by atoms with van der Waals surface area (Å²) < 4.78 is 11.3. The quantitative estimate of drug-likeness (QED) is 0.870. The molecule has 1 N–H and O–H groups in total. The Bertz CT molecular complexity index is 558. The van der Waals surface area contributed by atoms with E-state index < -0.39 is 0 Å². The summed E-state index contributed by atoms with van der Waals surface area (Å²) in [6.45, 7) is 8.97. The number of oxazole rings is 1. The number of fused-ring (bicyclic) bond motifs is 1. The van der Waals surface area contributed by atoms with Gasteiger partial charge in [0.1, 0.15) is 5.76 Å². The van der Waals surface area contributed by atoms with Crippen molar-refractivity contribution in [3.8, 4) is 0 Å². The Hall–Kier alpha value is -1.44.